The van der Waals surface area contributed by atoms with Crippen molar-refractivity contribution in [2.24, 2.45) is 0 Å². The molecule has 4 nitrogen and oxygen atoms in total. The molecule has 0 heterocycles. The number of aryl methyl sites for hydroxylation is 1. The van der Waals surface area contributed by atoms with Crippen molar-refractivity contribution in [1.29, 1.82) is 0 Å². The molecule has 0 fully saturated rings. The number of hydrogen-bond donors (Lipinski definition) is 1. The minimum absolute atomic E-state index is 0.0679. The number of nitrogens with one attached hydrogen (secondary N) is 1. The summed E-state index contributed by atoms with van der Waals surface area (Å²) in [5, 5.41) is 2.99. The monoisotopic (exact) mass is 353 g/mol. The Labute approximate surface area is 155 Å². The molecule has 138 valence electrons. The number of carbonyl (C=O) groups excluding carboxylic acids is 2. The Morgan fingerprint density at radius 2 is 1.65 bits per heavy atom. The van der Waals surface area contributed by atoms with E-state index in [4.69, 9.17) is 4.74 Å². The highest BCUT2D eigenvalue weighted by Crippen LogP contribution is 2.15. The summed E-state index contributed by atoms with van der Waals surface area (Å²) in [6.45, 7) is 5.56. The number of ketones is 1. The van der Waals surface area contributed by atoms with E-state index < -0.39 is 6.10 Å². The van der Waals surface area contributed by atoms with Gasteiger partial charge in [0.15, 0.2) is 11.9 Å². The fraction of sp³-hybridized carbons (Fsp3) is 0.364. The lowest BCUT2D eigenvalue weighted by atomic mass is 10.1. The van der Waals surface area contributed by atoms with Crippen LogP contribution in [0, 0.1) is 0 Å². The van der Waals surface area contributed by atoms with Gasteiger partial charge in [0.2, 0.25) is 0 Å². The molecule has 0 spiro atoms. The van der Waals surface area contributed by atoms with Gasteiger partial charge in [0, 0.05) is 18.0 Å². The molecule has 26 heavy (non-hydrogen) atoms. The van der Waals surface area contributed by atoms with Gasteiger partial charge >= 0.3 is 0 Å². The second-order valence-corrected chi connectivity index (χ2v) is 6.50. The molecule has 1 N–H and O–H groups in total. The molecule has 0 aliphatic rings. The van der Waals surface area contributed by atoms with Crippen LogP contribution in [0.15, 0.2) is 54.6 Å². The first kappa shape index (κ1) is 19.7. The number of hydrogen-bond acceptors (Lipinski definition) is 3. The fourth-order valence-electron chi connectivity index (χ4n) is 2.64. The van der Waals surface area contributed by atoms with Crippen LogP contribution in [0.3, 0.4) is 0 Å². The first-order valence-corrected chi connectivity index (χ1v) is 9.13. The molecule has 0 radical (unpaired) electrons. The van der Waals surface area contributed by atoms with E-state index >= 15 is 0 Å². The lowest BCUT2D eigenvalue weighted by Crippen LogP contribution is -2.41. The summed E-state index contributed by atoms with van der Waals surface area (Å²) in [5.41, 5.74) is 1.92. The van der Waals surface area contributed by atoms with Gasteiger partial charge in [-0.1, -0.05) is 37.3 Å². The van der Waals surface area contributed by atoms with Crippen LogP contribution in [-0.2, 0) is 11.2 Å². The van der Waals surface area contributed by atoms with Crippen molar-refractivity contribution in [2.75, 3.05) is 0 Å². The molecule has 4 heteroatoms. The smallest absolute Gasteiger partial charge is 0.260 e. The Kier molecular flexibility index (Phi) is 7.39. The lowest BCUT2D eigenvalue weighted by molar-refractivity contribution is -0.127. The largest absolute Gasteiger partial charge is 0.481 e. The van der Waals surface area contributed by atoms with E-state index in [0.29, 0.717) is 17.7 Å². The summed E-state index contributed by atoms with van der Waals surface area (Å²) in [4.78, 5) is 23.9. The molecular weight excluding hydrogens is 326 g/mol. The highest BCUT2D eigenvalue weighted by Gasteiger charge is 2.17. The Bertz CT molecular complexity index is 710. The van der Waals surface area contributed by atoms with Crippen LogP contribution in [-0.4, -0.2) is 23.8 Å². The number of rotatable bonds is 9. The van der Waals surface area contributed by atoms with Crippen molar-refractivity contribution in [1.82, 2.24) is 5.32 Å². The number of Topliss-reactive ketones (excluding diaryl/α,β-unsaturated/α-hetero) is 1. The predicted molar refractivity (Wildman–Crippen MR) is 104 cm³/mol. The summed E-state index contributed by atoms with van der Waals surface area (Å²) < 4.78 is 5.68. The molecule has 0 saturated heterocycles. The van der Waals surface area contributed by atoms with Crippen LogP contribution in [0.1, 0.15) is 49.5 Å². The zero-order valence-electron chi connectivity index (χ0n) is 15.7. The Morgan fingerprint density at radius 1 is 1.00 bits per heavy atom. The maximum Gasteiger partial charge on any atom is 0.260 e. The van der Waals surface area contributed by atoms with E-state index in [1.807, 2.05) is 32.0 Å². The van der Waals surface area contributed by atoms with Crippen molar-refractivity contribution in [3.05, 3.63) is 65.7 Å². The molecule has 2 unspecified atom stereocenters. The number of carbonyl (C=O) groups is 2. The van der Waals surface area contributed by atoms with Crippen molar-refractivity contribution in [3.8, 4) is 5.75 Å². The topological polar surface area (TPSA) is 55.4 Å². The zero-order chi connectivity index (χ0) is 18.9. The summed E-state index contributed by atoms with van der Waals surface area (Å²) >= 11 is 0. The van der Waals surface area contributed by atoms with Crippen LogP contribution in [0.5, 0.6) is 5.75 Å². The van der Waals surface area contributed by atoms with E-state index in [9.17, 15) is 9.59 Å². The van der Waals surface area contributed by atoms with E-state index in [0.717, 1.165) is 12.8 Å². The average Bonchev–Trinajstić information content (AvgIpc) is 2.67. The van der Waals surface area contributed by atoms with Crippen molar-refractivity contribution >= 4 is 11.7 Å². The average molecular weight is 353 g/mol. The maximum atomic E-state index is 12.3. The molecule has 0 bridgehead atoms. The van der Waals surface area contributed by atoms with Gasteiger partial charge < -0.3 is 10.1 Å². The van der Waals surface area contributed by atoms with Gasteiger partial charge in [0.1, 0.15) is 5.75 Å². The van der Waals surface area contributed by atoms with Crippen LogP contribution < -0.4 is 10.1 Å². The van der Waals surface area contributed by atoms with E-state index in [2.05, 4.69) is 17.4 Å². The number of ether oxygens (including phenoxy) is 1. The SMILES string of the molecule is CCC(=O)c1ccc(OC(C)C(=O)NC(C)CCc2ccccc2)cc1. The Hall–Kier alpha value is -2.62. The molecule has 2 aromatic carbocycles. The normalized spacial score (nSPS) is 12.9. The third kappa shape index (κ3) is 6.03. The molecular formula is C22H27NO3. The van der Waals surface area contributed by atoms with Crippen LogP contribution >= 0.6 is 0 Å². The molecule has 1 amide bonds. The van der Waals surface area contributed by atoms with Crippen molar-refractivity contribution in [2.45, 2.75) is 52.2 Å². The van der Waals surface area contributed by atoms with Gasteiger partial charge in [-0.25, -0.2) is 0 Å². The first-order valence-electron chi connectivity index (χ1n) is 9.13. The number of benzene rings is 2. The summed E-state index contributed by atoms with van der Waals surface area (Å²) in [6, 6.07) is 17.2. The second kappa shape index (κ2) is 9.76. The van der Waals surface area contributed by atoms with E-state index in [-0.39, 0.29) is 17.7 Å². The first-order chi connectivity index (χ1) is 12.5. The molecule has 0 saturated carbocycles. The molecule has 2 aromatic rings. The minimum atomic E-state index is -0.595. The van der Waals surface area contributed by atoms with E-state index in [1.54, 1.807) is 31.2 Å². The number of amides is 1. The Balaban J connectivity index is 1.80. The molecule has 2 rings (SSSR count). The third-order valence-electron chi connectivity index (χ3n) is 4.28. The van der Waals surface area contributed by atoms with Crippen LogP contribution in [0.2, 0.25) is 0 Å². The van der Waals surface area contributed by atoms with Gasteiger partial charge in [0.25, 0.3) is 5.91 Å². The summed E-state index contributed by atoms with van der Waals surface area (Å²) in [7, 11) is 0. The van der Waals surface area contributed by atoms with Crippen LogP contribution in [0.4, 0.5) is 0 Å². The zero-order valence-corrected chi connectivity index (χ0v) is 15.7. The maximum absolute atomic E-state index is 12.3. The Morgan fingerprint density at radius 3 is 2.27 bits per heavy atom. The summed E-state index contributed by atoms with van der Waals surface area (Å²) in [6.07, 6.45) is 1.67. The van der Waals surface area contributed by atoms with Gasteiger partial charge in [0.05, 0.1) is 0 Å². The van der Waals surface area contributed by atoms with Crippen molar-refractivity contribution in [3.63, 3.8) is 0 Å². The fourth-order valence-corrected chi connectivity index (χ4v) is 2.64. The highest BCUT2D eigenvalue weighted by atomic mass is 16.5. The molecule has 0 aliphatic carbocycles. The summed E-state index contributed by atoms with van der Waals surface area (Å²) in [5.74, 6) is 0.533. The minimum Gasteiger partial charge on any atom is -0.481 e. The predicted octanol–water partition coefficient (Wildman–Crippen LogP) is 4.18. The van der Waals surface area contributed by atoms with Crippen molar-refractivity contribution < 1.29 is 14.3 Å². The van der Waals surface area contributed by atoms with Gasteiger partial charge in [-0.2, -0.15) is 0 Å². The van der Waals surface area contributed by atoms with E-state index in [1.165, 1.54) is 5.56 Å². The van der Waals surface area contributed by atoms with Gasteiger partial charge in [-0.05, 0) is 56.5 Å². The molecule has 0 aliphatic heterocycles. The van der Waals surface area contributed by atoms with Gasteiger partial charge in [-0.3, -0.25) is 9.59 Å². The third-order valence-corrected chi connectivity index (χ3v) is 4.28. The second-order valence-electron chi connectivity index (χ2n) is 6.50. The van der Waals surface area contributed by atoms with Gasteiger partial charge in [-0.15, -0.1) is 0 Å². The lowest BCUT2D eigenvalue weighted by Gasteiger charge is -2.19. The quantitative estimate of drug-likeness (QED) is 0.688. The molecule has 0 aromatic heterocycles. The molecule has 2 atom stereocenters. The highest BCUT2D eigenvalue weighted by molar-refractivity contribution is 5.95. The van der Waals surface area contributed by atoms with Crippen LogP contribution in [0.25, 0.3) is 0 Å². The standard InChI is InChI=1S/C22H27NO3/c1-4-21(24)19-12-14-20(15-13-19)26-17(3)22(25)23-16(2)10-11-18-8-6-5-7-9-18/h5-9,12-17H,4,10-11H2,1-3H3,(H,23,25).